The molecule has 1 atom stereocenters. The highest BCUT2D eigenvalue weighted by Crippen LogP contribution is 2.15. The first-order valence-corrected chi connectivity index (χ1v) is 6.40. The van der Waals surface area contributed by atoms with Crippen LogP contribution in [0.15, 0.2) is 24.3 Å². The molecule has 0 aliphatic carbocycles. The number of hydrogen-bond acceptors (Lipinski definition) is 4. The van der Waals surface area contributed by atoms with Crippen LogP contribution >= 0.6 is 0 Å². The van der Waals surface area contributed by atoms with Gasteiger partial charge in [-0.15, -0.1) is 0 Å². The van der Waals surface area contributed by atoms with Gasteiger partial charge in [0, 0.05) is 18.8 Å². The van der Waals surface area contributed by atoms with Crippen LogP contribution in [0.5, 0.6) is 5.75 Å². The van der Waals surface area contributed by atoms with E-state index in [0.29, 0.717) is 13.2 Å². The zero-order valence-electron chi connectivity index (χ0n) is 11.7. The maximum atomic E-state index is 11.7. The Balaban J connectivity index is 2.35. The molecular weight excluding hydrogens is 244 g/mol. The van der Waals surface area contributed by atoms with Crippen LogP contribution < -0.4 is 15.4 Å². The van der Waals surface area contributed by atoms with Crippen LogP contribution in [-0.4, -0.2) is 38.8 Å². The molecule has 0 aliphatic rings. The molecule has 0 saturated carbocycles. The van der Waals surface area contributed by atoms with E-state index in [1.165, 1.54) is 0 Å². The van der Waals surface area contributed by atoms with Gasteiger partial charge in [0.1, 0.15) is 5.75 Å². The molecule has 19 heavy (non-hydrogen) atoms. The number of methoxy groups -OCH3 is 1. The number of carbonyl (C=O) groups is 1. The Bertz CT molecular complexity index is 379. The Hall–Kier alpha value is -1.59. The van der Waals surface area contributed by atoms with Crippen molar-refractivity contribution in [3.63, 3.8) is 0 Å². The van der Waals surface area contributed by atoms with Crippen molar-refractivity contribution in [1.82, 2.24) is 5.32 Å². The Labute approximate surface area is 114 Å². The lowest BCUT2D eigenvalue weighted by Crippen LogP contribution is -2.36. The summed E-state index contributed by atoms with van der Waals surface area (Å²) >= 11 is 0. The van der Waals surface area contributed by atoms with Crippen molar-refractivity contribution in [3.05, 3.63) is 24.3 Å². The molecule has 0 aliphatic heterocycles. The molecule has 0 bridgehead atoms. The smallest absolute Gasteiger partial charge is 0.238 e. The van der Waals surface area contributed by atoms with Gasteiger partial charge in [-0.25, -0.2) is 0 Å². The molecular formula is C14H22N2O3. The second-order valence-electron chi connectivity index (χ2n) is 4.24. The van der Waals surface area contributed by atoms with Gasteiger partial charge < -0.3 is 20.1 Å². The summed E-state index contributed by atoms with van der Waals surface area (Å²) in [6.07, 6.45) is 0. The minimum Gasteiger partial charge on any atom is -0.494 e. The third-order valence-corrected chi connectivity index (χ3v) is 2.48. The monoisotopic (exact) mass is 266 g/mol. The molecule has 0 saturated heterocycles. The molecule has 106 valence electrons. The number of hydrogen-bond donors (Lipinski definition) is 2. The van der Waals surface area contributed by atoms with Crippen molar-refractivity contribution in [2.75, 3.05) is 32.2 Å². The molecule has 1 unspecified atom stereocenters. The highest BCUT2D eigenvalue weighted by molar-refractivity contribution is 5.92. The predicted molar refractivity (Wildman–Crippen MR) is 75.6 cm³/mol. The second kappa shape index (κ2) is 8.50. The molecule has 0 heterocycles. The molecule has 2 N–H and O–H groups in total. The van der Waals surface area contributed by atoms with Crippen LogP contribution in [-0.2, 0) is 9.53 Å². The number of carbonyl (C=O) groups excluding carboxylic acids is 1. The second-order valence-corrected chi connectivity index (χ2v) is 4.24. The zero-order chi connectivity index (χ0) is 14.1. The molecule has 0 spiro atoms. The number of ether oxygens (including phenoxy) is 2. The standard InChI is InChI=1S/C14H22N2O3/c1-4-19-13-7-5-12(6-8-13)16-14(17)9-15-11(2)10-18-3/h5-8,11,15H,4,9-10H2,1-3H3,(H,16,17). The molecule has 5 nitrogen and oxygen atoms in total. The van der Waals surface area contributed by atoms with E-state index in [1.54, 1.807) is 7.11 Å². The lowest BCUT2D eigenvalue weighted by Gasteiger charge is -2.12. The fourth-order valence-electron chi connectivity index (χ4n) is 1.58. The van der Waals surface area contributed by atoms with Gasteiger partial charge in [-0.1, -0.05) is 0 Å². The third-order valence-electron chi connectivity index (χ3n) is 2.48. The molecule has 0 radical (unpaired) electrons. The number of anilines is 1. The number of benzene rings is 1. The minimum atomic E-state index is -0.0767. The van der Waals surface area contributed by atoms with Gasteiger partial charge in [0.05, 0.1) is 19.8 Å². The average molecular weight is 266 g/mol. The zero-order valence-corrected chi connectivity index (χ0v) is 11.7. The maximum absolute atomic E-state index is 11.7. The summed E-state index contributed by atoms with van der Waals surface area (Å²) in [5.74, 6) is 0.722. The van der Waals surface area contributed by atoms with E-state index in [0.717, 1.165) is 11.4 Å². The summed E-state index contributed by atoms with van der Waals surface area (Å²) in [7, 11) is 1.64. The lowest BCUT2D eigenvalue weighted by molar-refractivity contribution is -0.115. The highest BCUT2D eigenvalue weighted by atomic mass is 16.5. The number of nitrogens with one attached hydrogen (secondary N) is 2. The molecule has 0 aromatic heterocycles. The van der Waals surface area contributed by atoms with Crippen LogP contribution in [0.25, 0.3) is 0 Å². The SMILES string of the molecule is CCOc1ccc(NC(=O)CNC(C)COC)cc1. The van der Waals surface area contributed by atoms with E-state index in [-0.39, 0.29) is 18.5 Å². The summed E-state index contributed by atoms with van der Waals surface area (Å²) in [6.45, 7) is 5.37. The Morgan fingerprint density at radius 2 is 2.00 bits per heavy atom. The summed E-state index contributed by atoms with van der Waals surface area (Å²) < 4.78 is 10.3. The summed E-state index contributed by atoms with van der Waals surface area (Å²) in [5, 5.41) is 5.88. The summed E-state index contributed by atoms with van der Waals surface area (Å²) in [5.41, 5.74) is 0.759. The Morgan fingerprint density at radius 1 is 1.32 bits per heavy atom. The van der Waals surface area contributed by atoms with Crippen LogP contribution in [0.4, 0.5) is 5.69 Å². The van der Waals surface area contributed by atoms with Crippen molar-refractivity contribution in [2.45, 2.75) is 19.9 Å². The fraction of sp³-hybridized carbons (Fsp3) is 0.500. The topological polar surface area (TPSA) is 59.6 Å². The van der Waals surface area contributed by atoms with E-state index in [9.17, 15) is 4.79 Å². The fourth-order valence-corrected chi connectivity index (χ4v) is 1.58. The summed E-state index contributed by atoms with van der Waals surface area (Å²) in [4.78, 5) is 11.7. The first-order chi connectivity index (χ1) is 9.15. The van der Waals surface area contributed by atoms with Gasteiger partial charge in [-0.05, 0) is 38.1 Å². The Morgan fingerprint density at radius 3 is 2.58 bits per heavy atom. The normalized spacial score (nSPS) is 11.9. The van der Waals surface area contributed by atoms with Gasteiger partial charge in [-0.2, -0.15) is 0 Å². The van der Waals surface area contributed by atoms with Crippen LogP contribution in [0.1, 0.15) is 13.8 Å². The average Bonchev–Trinajstić information content (AvgIpc) is 2.39. The largest absolute Gasteiger partial charge is 0.494 e. The van der Waals surface area contributed by atoms with Gasteiger partial charge in [0.2, 0.25) is 5.91 Å². The van der Waals surface area contributed by atoms with Gasteiger partial charge in [0.15, 0.2) is 0 Å². The lowest BCUT2D eigenvalue weighted by atomic mass is 10.3. The molecule has 5 heteroatoms. The minimum absolute atomic E-state index is 0.0767. The number of rotatable bonds is 8. The maximum Gasteiger partial charge on any atom is 0.238 e. The quantitative estimate of drug-likeness (QED) is 0.751. The highest BCUT2D eigenvalue weighted by Gasteiger charge is 2.05. The third kappa shape index (κ3) is 6.22. The van der Waals surface area contributed by atoms with E-state index in [1.807, 2.05) is 38.1 Å². The van der Waals surface area contributed by atoms with Crippen molar-refractivity contribution in [3.8, 4) is 5.75 Å². The van der Waals surface area contributed by atoms with E-state index >= 15 is 0 Å². The van der Waals surface area contributed by atoms with Crippen LogP contribution in [0.3, 0.4) is 0 Å². The van der Waals surface area contributed by atoms with E-state index < -0.39 is 0 Å². The number of amides is 1. The Kier molecular flexibility index (Phi) is 6.92. The van der Waals surface area contributed by atoms with Crippen molar-refractivity contribution in [2.24, 2.45) is 0 Å². The van der Waals surface area contributed by atoms with Crippen molar-refractivity contribution >= 4 is 11.6 Å². The molecule has 1 rings (SSSR count). The van der Waals surface area contributed by atoms with Crippen molar-refractivity contribution in [1.29, 1.82) is 0 Å². The first kappa shape index (κ1) is 15.5. The molecule has 1 aromatic carbocycles. The molecule has 1 amide bonds. The van der Waals surface area contributed by atoms with Crippen LogP contribution in [0.2, 0.25) is 0 Å². The van der Waals surface area contributed by atoms with E-state index in [4.69, 9.17) is 9.47 Å². The van der Waals surface area contributed by atoms with Gasteiger partial charge >= 0.3 is 0 Å². The predicted octanol–water partition coefficient (Wildman–Crippen LogP) is 1.65. The van der Waals surface area contributed by atoms with Gasteiger partial charge in [0.25, 0.3) is 0 Å². The van der Waals surface area contributed by atoms with Crippen molar-refractivity contribution < 1.29 is 14.3 Å². The first-order valence-electron chi connectivity index (χ1n) is 6.40. The van der Waals surface area contributed by atoms with Crippen LogP contribution in [0, 0.1) is 0 Å². The molecule has 1 aromatic rings. The summed E-state index contributed by atoms with van der Waals surface area (Å²) in [6, 6.07) is 7.46. The molecule has 0 fully saturated rings. The van der Waals surface area contributed by atoms with E-state index in [2.05, 4.69) is 10.6 Å². The van der Waals surface area contributed by atoms with Gasteiger partial charge in [-0.3, -0.25) is 4.79 Å².